The maximum atomic E-state index is 12.2. The van der Waals surface area contributed by atoms with Gasteiger partial charge in [0.15, 0.2) is 5.58 Å². The minimum absolute atomic E-state index is 0.141. The second-order valence-corrected chi connectivity index (χ2v) is 5.75. The van der Waals surface area contributed by atoms with E-state index in [-0.39, 0.29) is 12.3 Å². The van der Waals surface area contributed by atoms with Gasteiger partial charge in [0.25, 0.3) is 0 Å². The molecule has 0 radical (unpaired) electrons. The summed E-state index contributed by atoms with van der Waals surface area (Å²) in [6, 6.07) is 11.0. The molecule has 4 nitrogen and oxygen atoms in total. The summed E-state index contributed by atoms with van der Waals surface area (Å²) in [5.41, 5.74) is 4.24. The van der Waals surface area contributed by atoms with Crippen LogP contribution in [-0.2, 0) is 11.2 Å². The molecule has 0 saturated carbocycles. The average molecular weight is 315 g/mol. The van der Waals surface area contributed by atoms with Crippen molar-refractivity contribution in [1.29, 1.82) is 0 Å². The third-order valence-electron chi connectivity index (χ3n) is 3.44. The third-order valence-corrected chi connectivity index (χ3v) is 3.69. The number of rotatable bonds is 3. The number of nitrogens with one attached hydrogen (secondary N) is 1. The fraction of sp³-hybridized carbons (Fsp3) is 0.176. The first-order valence-electron chi connectivity index (χ1n) is 6.94. The molecular weight excluding hydrogens is 300 g/mol. The Hall–Kier alpha value is -2.33. The monoisotopic (exact) mass is 314 g/mol. The standard InChI is InChI=1S/C17H15ClN2O2/c1-10-7-11(2)17-14(20-22-15(17)8-10)9-16(21)19-13-5-3-12(18)4-6-13/h3-8H,9H2,1-2H3,(H,19,21). The summed E-state index contributed by atoms with van der Waals surface area (Å²) >= 11 is 5.82. The van der Waals surface area contributed by atoms with Crippen LogP contribution in [-0.4, -0.2) is 11.1 Å². The summed E-state index contributed by atoms with van der Waals surface area (Å²) in [6.07, 6.45) is 0.166. The number of hydrogen-bond donors (Lipinski definition) is 1. The van der Waals surface area contributed by atoms with Crippen LogP contribution < -0.4 is 5.32 Å². The van der Waals surface area contributed by atoms with Crippen LogP contribution in [0.25, 0.3) is 11.0 Å². The number of anilines is 1. The van der Waals surface area contributed by atoms with E-state index in [0.29, 0.717) is 22.0 Å². The van der Waals surface area contributed by atoms with Gasteiger partial charge in [0.2, 0.25) is 5.91 Å². The van der Waals surface area contributed by atoms with Gasteiger partial charge in [0.1, 0.15) is 5.69 Å². The highest BCUT2D eigenvalue weighted by molar-refractivity contribution is 6.30. The van der Waals surface area contributed by atoms with Gasteiger partial charge in [0, 0.05) is 16.1 Å². The summed E-state index contributed by atoms with van der Waals surface area (Å²) in [7, 11) is 0. The molecule has 0 fully saturated rings. The molecule has 0 bridgehead atoms. The number of carbonyl (C=O) groups excluding carboxylic acids is 1. The molecule has 2 aromatic carbocycles. The molecule has 112 valence electrons. The first-order valence-corrected chi connectivity index (χ1v) is 7.31. The van der Waals surface area contributed by atoms with E-state index < -0.39 is 0 Å². The summed E-state index contributed by atoms with van der Waals surface area (Å²) in [6.45, 7) is 4.00. The second kappa shape index (κ2) is 5.81. The number of amides is 1. The molecule has 1 heterocycles. The van der Waals surface area contributed by atoms with Crippen LogP contribution in [0.1, 0.15) is 16.8 Å². The number of hydrogen-bond acceptors (Lipinski definition) is 3. The van der Waals surface area contributed by atoms with Gasteiger partial charge in [-0.15, -0.1) is 0 Å². The quantitative estimate of drug-likeness (QED) is 0.785. The Morgan fingerprint density at radius 1 is 1.23 bits per heavy atom. The lowest BCUT2D eigenvalue weighted by Gasteiger charge is -2.04. The smallest absolute Gasteiger partial charge is 0.230 e. The van der Waals surface area contributed by atoms with Gasteiger partial charge in [-0.05, 0) is 55.3 Å². The normalized spacial score (nSPS) is 10.9. The molecule has 0 aliphatic heterocycles. The summed E-state index contributed by atoms with van der Waals surface area (Å²) in [4.78, 5) is 12.2. The lowest BCUT2D eigenvalue weighted by molar-refractivity contribution is -0.115. The maximum absolute atomic E-state index is 12.2. The first-order chi connectivity index (χ1) is 10.5. The first kappa shape index (κ1) is 14.6. The van der Waals surface area contributed by atoms with Crippen molar-refractivity contribution < 1.29 is 9.32 Å². The van der Waals surface area contributed by atoms with E-state index in [1.54, 1.807) is 24.3 Å². The molecule has 1 N–H and O–H groups in total. The van der Waals surface area contributed by atoms with Crippen molar-refractivity contribution >= 4 is 34.2 Å². The number of aryl methyl sites for hydroxylation is 2. The van der Waals surface area contributed by atoms with Crippen molar-refractivity contribution in [2.24, 2.45) is 0 Å². The van der Waals surface area contributed by atoms with Crippen molar-refractivity contribution in [2.75, 3.05) is 5.32 Å². The lowest BCUT2D eigenvalue weighted by Crippen LogP contribution is -2.14. The molecule has 0 atom stereocenters. The SMILES string of the molecule is Cc1cc(C)c2c(CC(=O)Nc3ccc(Cl)cc3)noc2c1. The fourth-order valence-electron chi connectivity index (χ4n) is 2.53. The van der Waals surface area contributed by atoms with Crippen LogP contribution in [0, 0.1) is 13.8 Å². The van der Waals surface area contributed by atoms with E-state index in [0.717, 1.165) is 16.5 Å². The van der Waals surface area contributed by atoms with Crippen LogP contribution in [0.5, 0.6) is 0 Å². The van der Waals surface area contributed by atoms with Crippen LogP contribution in [0.2, 0.25) is 5.02 Å². The minimum atomic E-state index is -0.141. The van der Waals surface area contributed by atoms with E-state index in [1.165, 1.54) is 0 Å². The van der Waals surface area contributed by atoms with Gasteiger partial charge in [-0.25, -0.2) is 0 Å². The molecule has 5 heteroatoms. The number of carbonyl (C=O) groups is 1. The molecule has 22 heavy (non-hydrogen) atoms. The summed E-state index contributed by atoms with van der Waals surface area (Å²) in [5, 5.41) is 8.40. The molecule has 0 unspecified atom stereocenters. The fourth-order valence-corrected chi connectivity index (χ4v) is 2.66. The Morgan fingerprint density at radius 2 is 1.95 bits per heavy atom. The van der Waals surface area contributed by atoms with E-state index in [1.807, 2.05) is 19.9 Å². The van der Waals surface area contributed by atoms with Crippen LogP contribution in [0.3, 0.4) is 0 Å². The number of halogens is 1. The Bertz CT molecular complexity index is 838. The summed E-state index contributed by atoms with van der Waals surface area (Å²) < 4.78 is 5.33. The zero-order valence-corrected chi connectivity index (χ0v) is 13.1. The molecule has 1 amide bonds. The average Bonchev–Trinajstić information content (AvgIpc) is 2.84. The van der Waals surface area contributed by atoms with Crippen LogP contribution >= 0.6 is 11.6 Å². The van der Waals surface area contributed by atoms with Crippen molar-refractivity contribution in [3.63, 3.8) is 0 Å². The Labute approximate surface area is 133 Å². The van der Waals surface area contributed by atoms with Crippen LogP contribution in [0.4, 0.5) is 5.69 Å². The zero-order chi connectivity index (χ0) is 15.7. The highest BCUT2D eigenvalue weighted by atomic mass is 35.5. The third kappa shape index (κ3) is 2.97. The van der Waals surface area contributed by atoms with Crippen molar-refractivity contribution in [2.45, 2.75) is 20.3 Å². The number of fused-ring (bicyclic) bond motifs is 1. The Kier molecular flexibility index (Phi) is 3.86. The Morgan fingerprint density at radius 3 is 2.68 bits per heavy atom. The lowest BCUT2D eigenvalue weighted by atomic mass is 10.0. The highest BCUT2D eigenvalue weighted by Gasteiger charge is 2.15. The van der Waals surface area contributed by atoms with Gasteiger partial charge in [-0.2, -0.15) is 0 Å². The van der Waals surface area contributed by atoms with E-state index in [9.17, 15) is 4.79 Å². The van der Waals surface area contributed by atoms with E-state index in [2.05, 4.69) is 16.5 Å². The largest absolute Gasteiger partial charge is 0.356 e. The highest BCUT2D eigenvalue weighted by Crippen LogP contribution is 2.24. The van der Waals surface area contributed by atoms with Crippen molar-refractivity contribution in [1.82, 2.24) is 5.16 Å². The molecular formula is C17H15ClN2O2. The molecule has 0 spiro atoms. The van der Waals surface area contributed by atoms with E-state index in [4.69, 9.17) is 16.1 Å². The zero-order valence-electron chi connectivity index (χ0n) is 12.3. The van der Waals surface area contributed by atoms with Gasteiger partial charge in [-0.3, -0.25) is 4.79 Å². The van der Waals surface area contributed by atoms with E-state index >= 15 is 0 Å². The summed E-state index contributed by atoms with van der Waals surface area (Å²) in [5.74, 6) is -0.141. The number of aromatic nitrogens is 1. The minimum Gasteiger partial charge on any atom is -0.356 e. The predicted molar refractivity (Wildman–Crippen MR) is 87.3 cm³/mol. The van der Waals surface area contributed by atoms with Gasteiger partial charge in [-0.1, -0.05) is 22.8 Å². The van der Waals surface area contributed by atoms with Gasteiger partial charge >= 0.3 is 0 Å². The van der Waals surface area contributed by atoms with Gasteiger partial charge < -0.3 is 9.84 Å². The molecule has 1 aromatic heterocycles. The molecule has 3 aromatic rings. The molecule has 3 rings (SSSR count). The Balaban J connectivity index is 1.81. The second-order valence-electron chi connectivity index (χ2n) is 5.32. The number of nitrogens with zero attached hydrogens (tertiary/aromatic N) is 1. The van der Waals surface area contributed by atoms with Crippen molar-refractivity contribution in [3.05, 3.63) is 58.2 Å². The van der Waals surface area contributed by atoms with Crippen molar-refractivity contribution in [3.8, 4) is 0 Å². The predicted octanol–water partition coefficient (Wildman–Crippen LogP) is 4.28. The topological polar surface area (TPSA) is 55.1 Å². The maximum Gasteiger partial charge on any atom is 0.230 e. The van der Waals surface area contributed by atoms with Crippen LogP contribution in [0.15, 0.2) is 40.9 Å². The molecule has 0 aliphatic carbocycles. The number of benzene rings is 2. The molecule has 0 aliphatic rings. The molecule has 0 saturated heterocycles. The van der Waals surface area contributed by atoms with Gasteiger partial charge in [0.05, 0.1) is 6.42 Å².